The maximum absolute atomic E-state index is 5.15. The van der Waals surface area contributed by atoms with Gasteiger partial charge in [0, 0.05) is 0 Å². The Morgan fingerprint density at radius 1 is 1.20 bits per heavy atom. The number of hydrogen-bond acceptors (Lipinski definition) is 1. The summed E-state index contributed by atoms with van der Waals surface area (Å²) in [7, 11) is 0. The van der Waals surface area contributed by atoms with Crippen molar-refractivity contribution in [2.24, 2.45) is 0 Å². The van der Waals surface area contributed by atoms with Crippen LogP contribution in [0, 0.1) is 0 Å². The Bertz CT molecular complexity index is 57.2. The summed E-state index contributed by atoms with van der Waals surface area (Å²) in [5, 5.41) is 0.538. The van der Waals surface area contributed by atoms with Crippen molar-refractivity contribution in [1.82, 2.24) is 0 Å². The van der Waals surface area contributed by atoms with E-state index in [9.17, 15) is 0 Å². The quantitative estimate of drug-likeness (QED) is 0.314. The van der Waals surface area contributed by atoms with Crippen LogP contribution in [0.15, 0.2) is 0 Å². The first kappa shape index (κ1) is 13.9. The van der Waals surface area contributed by atoms with Gasteiger partial charge in [-0.3, -0.25) is 0 Å². The zero-order valence-electron chi connectivity index (χ0n) is 7.52. The molecule has 10 heavy (non-hydrogen) atoms. The van der Waals surface area contributed by atoms with E-state index in [2.05, 4.69) is 13.8 Å². The molecule has 0 N–H and O–H groups in total. The predicted molar refractivity (Wildman–Crippen MR) is 45.6 cm³/mol. The molecule has 0 spiro atoms. The average molecular weight is 168 g/mol. The molecule has 1 unspecified atom stereocenters. The average Bonchev–Trinajstić information content (AvgIpc) is 1.89. The third-order valence-corrected chi connectivity index (χ3v) is 2.15. The second kappa shape index (κ2) is 10.3. The molecule has 0 radical (unpaired) electrons. The molecule has 0 bridgehead atoms. The van der Waals surface area contributed by atoms with Gasteiger partial charge in [-0.25, -0.2) is 0 Å². The van der Waals surface area contributed by atoms with E-state index in [1.54, 1.807) is 0 Å². The molecule has 0 fully saturated rings. The van der Waals surface area contributed by atoms with Crippen molar-refractivity contribution in [1.29, 1.82) is 0 Å². The molecule has 0 aromatic rings. The maximum atomic E-state index is 5.15. The van der Waals surface area contributed by atoms with Crippen molar-refractivity contribution in [3.8, 4) is 0 Å². The minimum Gasteiger partial charge on any atom is -0.789 e. The first-order valence-corrected chi connectivity index (χ1v) is 4.44. The molecular weight excluding hydrogens is 151 g/mol. The number of unbranched alkanes of at least 4 members (excludes halogenated alkanes) is 2. The van der Waals surface area contributed by atoms with E-state index in [0.29, 0.717) is 5.25 Å². The third kappa shape index (κ3) is 9.35. The van der Waals surface area contributed by atoms with Crippen molar-refractivity contribution in [2.45, 2.75) is 51.2 Å². The fourth-order valence-corrected chi connectivity index (χ4v) is 0.993. The Hall–Kier alpha value is 1.35. The van der Waals surface area contributed by atoms with Crippen molar-refractivity contribution in [3.05, 3.63) is 0 Å². The summed E-state index contributed by atoms with van der Waals surface area (Å²) in [6.07, 6.45) is 6.41. The van der Waals surface area contributed by atoms with Crippen molar-refractivity contribution in [2.75, 3.05) is 0 Å². The molecule has 1 atom stereocenters. The zero-order chi connectivity index (χ0) is 7.11. The van der Waals surface area contributed by atoms with Gasteiger partial charge in [-0.1, -0.05) is 46.0 Å². The molecule has 0 aliphatic carbocycles. The summed E-state index contributed by atoms with van der Waals surface area (Å²) in [4.78, 5) is 0. The van der Waals surface area contributed by atoms with E-state index in [4.69, 9.17) is 12.6 Å². The van der Waals surface area contributed by atoms with E-state index < -0.39 is 0 Å². The molecule has 0 saturated heterocycles. The van der Waals surface area contributed by atoms with Crippen LogP contribution in [-0.4, -0.2) is 5.25 Å². The molecule has 0 amide bonds. The van der Waals surface area contributed by atoms with Gasteiger partial charge in [-0.15, -0.1) is 0 Å². The van der Waals surface area contributed by atoms with Crippen LogP contribution in [0.1, 0.15) is 46.0 Å². The number of hydrogen-bond donors (Lipinski definition) is 0. The van der Waals surface area contributed by atoms with Gasteiger partial charge in [0.2, 0.25) is 0 Å². The first-order chi connectivity index (χ1) is 4.31. The third-order valence-electron chi connectivity index (χ3n) is 1.58. The summed E-state index contributed by atoms with van der Waals surface area (Å²) < 4.78 is 0. The van der Waals surface area contributed by atoms with E-state index in [0.717, 1.165) is 0 Å². The standard InChI is InChI=1S/C8H18S.Na/c1-3-5-6-7-8(9)4-2;/h8-9H,3-7H2,1-2H3;/q;+1/p-1. The van der Waals surface area contributed by atoms with Crippen LogP contribution in [0.5, 0.6) is 0 Å². The molecule has 0 saturated carbocycles. The molecule has 0 aromatic heterocycles. The Kier molecular flexibility index (Phi) is 14.4. The molecular formula is C8H17NaS. The topological polar surface area (TPSA) is 0 Å². The fourth-order valence-electron chi connectivity index (χ4n) is 0.826. The van der Waals surface area contributed by atoms with E-state index in [1.807, 2.05) is 0 Å². The Morgan fingerprint density at radius 3 is 2.20 bits per heavy atom. The summed E-state index contributed by atoms with van der Waals surface area (Å²) in [5.41, 5.74) is 0. The van der Waals surface area contributed by atoms with Gasteiger partial charge in [-0.05, 0) is 0 Å². The van der Waals surface area contributed by atoms with Gasteiger partial charge in [0.05, 0.1) is 0 Å². The summed E-state index contributed by atoms with van der Waals surface area (Å²) in [5.74, 6) is 0. The summed E-state index contributed by atoms with van der Waals surface area (Å²) in [6, 6.07) is 0. The second-order valence-electron chi connectivity index (χ2n) is 2.53. The largest absolute Gasteiger partial charge is 1.00 e. The zero-order valence-corrected chi connectivity index (χ0v) is 10.3. The Balaban J connectivity index is 0. The Labute approximate surface area is 92.9 Å². The van der Waals surface area contributed by atoms with Crippen LogP contribution in [0.25, 0.3) is 0 Å². The summed E-state index contributed by atoms with van der Waals surface area (Å²) in [6.45, 7) is 4.40. The smallest absolute Gasteiger partial charge is 0.789 e. The van der Waals surface area contributed by atoms with Crippen molar-refractivity contribution in [3.63, 3.8) is 0 Å². The minimum absolute atomic E-state index is 0. The van der Waals surface area contributed by atoms with Crippen LogP contribution in [0.3, 0.4) is 0 Å². The van der Waals surface area contributed by atoms with Crippen LogP contribution < -0.4 is 29.6 Å². The maximum Gasteiger partial charge on any atom is 1.00 e. The molecule has 0 aliphatic rings. The van der Waals surface area contributed by atoms with Crippen LogP contribution in [-0.2, 0) is 12.6 Å². The normalized spacial score (nSPS) is 12.3. The minimum atomic E-state index is 0. The molecule has 0 nitrogen and oxygen atoms in total. The second-order valence-corrected chi connectivity index (χ2v) is 3.19. The molecule has 0 rings (SSSR count). The van der Waals surface area contributed by atoms with Crippen LogP contribution in [0.2, 0.25) is 0 Å². The van der Waals surface area contributed by atoms with E-state index >= 15 is 0 Å². The molecule has 0 heterocycles. The van der Waals surface area contributed by atoms with Gasteiger partial charge in [0.1, 0.15) is 0 Å². The van der Waals surface area contributed by atoms with Gasteiger partial charge in [-0.2, -0.15) is 5.25 Å². The van der Waals surface area contributed by atoms with Gasteiger partial charge in [0.25, 0.3) is 0 Å². The van der Waals surface area contributed by atoms with Crippen molar-refractivity contribution < 1.29 is 29.6 Å². The molecule has 56 valence electrons. The van der Waals surface area contributed by atoms with Gasteiger partial charge < -0.3 is 12.6 Å². The predicted octanol–water partition coefficient (Wildman–Crippen LogP) is -0.104. The van der Waals surface area contributed by atoms with Gasteiger partial charge >= 0.3 is 29.6 Å². The Morgan fingerprint density at radius 2 is 1.80 bits per heavy atom. The molecule has 0 aliphatic heterocycles. The van der Waals surface area contributed by atoms with Crippen LogP contribution in [0.4, 0.5) is 0 Å². The fraction of sp³-hybridized carbons (Fsp3) is 1.00. The first-order valence-electron chi connectivity index (χ1n) is 3.97. The van der Waals surface area contributed by atoms with Crippen molar-refractivity contribution >= 4 is 12.6 Å². The van der Waals surface area contributed by atoms with E-state index in [1.165, 1.54) is 32.1 Å². The SMILES string of the molecule is CCCCCC([S-])CC.[Na+]. The van der Waals surface area contributed by atoms with E-state index in [-0.39, 0.29) is 29.6 Å². The van der Waals surface area contributed by atoms with Crippen LogP contribution >= 0.6 is 0 Å². The monoisotopic (exact) mass is 168 g/mol. The van der Waals surface area contributed by atoms with Gasteiger partial charge in [0.15, 0.2) is 0 Å². The molecule has 2 heteroatoms. The molecule has 0 aromatic carbocycles. The number of rotatable bonds is 5. The summed E-state index contributed by atoms with van der Waals surface area (Å²) >= 11 is 5.15.